The van der Waals surface area contributed by atoms with Crippen LogP contribution in [-0.4, -0.2) is 25.8 Å². The van der Waals surface area contributed by atoms with Gasteiger partial charge in [-0.3, -0.25) is 9.78 Å². The van der Waals surface area contributed by atoms with Gasteiger partial charge in [0.2, 0.25) is 5.95 Å². The lowest BCUT2D eigenvalue weighted by molar-refractivity contribution is 0.0955. The molecule has 7 nitrogen and oxygen atoms in total. The van der Waals surface area contributed by atoms with E-state index in [2.05, 4.69) is 30.6 Å². The normalized spacial score (nSPS) is 10.4. The van der Waals surface area contributed by atoms with Crippen molar-refractivity contribution in [3.05, 3.63) is 83.6 Å². The van der Waals surface area contributed by atoms with Crippen LogP contribution in [0.1, 0.15) is 15.2 Å². The topological polar surface area (TPSA) is 92.7 Å². The molecule has 0 saturated carbocycles. The molecule has 4 aromatic rings. The van der Waals surface area contributed by atoms with Gasteiger partial charge in [-0.1, -0.05) is 47.7 Å². The fraction of sp³-hybridized carbons (Fsp3) is 0.0500. The minimum atomic E-state index is -0.205. The Labute approximate surface area is 165 Å². The van der Waals surface area contributed by atoms with E-state index in [1.54, 1.807) is 24.7 Å². The van der Waals surface area contributed by atoms with Gasteiger partial charge in [0.25, 0.3) is 5.91 Å². The van der Waals surface area contributed by atoms with Gasteiger partial charge in [-0.2, -0.15) is 0 Å². The molecular formula is C20H16N6OS. The van der Waals surface area contributed by atoms with Crippen molar-refractivity contribution in [2.45, 2.75) is 6.54 Å². The van der Waals surface area contributed by atoms with Crippen LogP contribution in [0, 0.1) is 0 Å². The van der Waals surface area contributed by atoms with Crippen molar-refractivity contribution in [1.29, 1.82) is 0 Å². The second-order valence-corrected chi connectivity index (χ2v) is 6.78. The maximum Gasteiger partial charge on any atom is 0.264 e. The number of pyridine rings is 1. The molecule has 0 spiro atoms. The van der Waals surface area contributed by atoms with E-state index in [1.165, 1.54) is 11.3 Å². The summed E-state index contributed by atoms with van der Waals surface area (Å²) in [7, 11) is 0. The van der Waals surface area contributed by atoms with E-state index < -0.39 is 0 Å². The van der Waals surface area contributed by atoms with Crippen molar-refractivity contribution in [3.63, 3.8) is 0 Å². The number of amides is 1. The number of carbonyl (C=O) groups is 1. The van der Waals surface area contributed by atoms with Crippen LogP contribution in [0.3, 0.4) is 0 Å². The second-order valence-electron chi connectivity index (χ2n) is 5.78. The summed E-state index contributed by atoms with van der Waals surface area (Å²) in [5.41, 5.74) is 2.18. The minimum absolute atomic E-state index is 0.205. The summed E-state index contributed by atoms with van der Waals surface area (Å²) in [5, 5.41) is 6.51. The Hall–Kier alpha value is -3.65. The van der Waals surface area contributed by atoms with E-state index in [0.29, 0.717) is 33.9 Å². The summed E-state index contributed by atoms with van der Waals surface area (Å²) >= 11 is 1.24. The molecule has 4 rings (SSSR count). The third kappa shape index (κ3) is 4.18. The van der Waals surface area contributed by atoms with Gasteiger partial charge in [0.05, 0.1) is 5.69 Å². The molecule has 0 aliphatic carbocycles. The van der Waals surface area contributed by atoms with Crippen LogP contribution >= 0.6 is 11.3 Å². The van der Waals surface area contributed by atoms with Crippen LogP contribution < -0.4 is 10.6 Å². The molecule has 138 valence electrons. The highest BCUT2D eigenvalue weighted by molar-refractivity contribution is 7.18. The van der Waals surface area contributed by atoms with Gasteiger partial charge in [-0.05, 0) is 23.8 Å². The minimum Gasteiger partial charge on any atom is -0.347 e. The van der Waals surface area contributed by atoms with Gasteiger partial charge in [0.15, 0.2) is 5.13 Å². The predicted octanol–water partition coefficient (Wildman–Crippen LogP) is 3.67. The molecule has 0 bridgehead atoms. The first kappa shape index (κ1) is 17.7. The van der Waals surface area contributed by atoms with E-state index in [4.69, 9.17) is 0 Å². The molecule has 28 heavy (non-hydrogen) atoms. The number of benzene rings is 1. The Balaban J connectivity index is 1.61. The van der Waals surface area contributed by atoms with E-state index in [9.17, 15) is 4.79 Å². The summed E-state index contributed by atoms with van der Waals surface area (Å²) in [6, 6.07) is 17.0. The molecule has 0 unspecified atom stereocenters. The van der Waals surface area contributed by atoms with E-state index in [0.717, 1.165) is 5.56 Å². The maximum atomic E-state index is 12.9. The molecule has 0 saturated heterocycles. The maximum absolute atomic E-state index is 12.9. The molecule has 8 heteroatoms. The third-order valence-electron chi connectivity index (χ3n) is 3.82. The number of rotatable bonds is 6. The predicted molar refractivity (Wildman–Crippen MR) is 108 cm³/mol. The SMILES string of the molecule is O=C(NCc1ccccc1)c1sc(Nc2ncccn2)nc1-c1ccccn1. The highest BCUT2D eigenvalue weighted by atomic mass is 32.1. The van der Waals surface area contributed by atoms with Crippen molar-refractivity contribution in [1.82, 2.24) is 25.3 Å². The first-order valence-electron chi connectivity index (χ1n) is 8.58. The van der Waals surface area contributed by atoms with Crippen molar-refractivity contribution in [2.75, 3.05) is 5.32 Å². The van der Waals surface area contributed by atoms with Crippen molar-refractivity contribution in [2.24, 2.45) is 0 Å². The van der Waals surface area contributed by atoms with Crippen LogP contribution in [0.2, 0.25) is 0 Å². The number of hydrogen-bond acceptors (Lipinski definition) is 7. The summed E-state index contributed by atoms with van der Waals surface area (Å²) in [6.45, 7) is 0.434. The number of nitrogens with one attached hydrogen (secondary N) is 2. The molecule has 0 atom stereocenters. The molecule has 1 amide bonds. The highest BCUT2D eigenvalue weighted by Crippen LogP contribution is 2.31. The zero-order valence-electron chi connectivity index (χ0n) is 14.7. The largest absolute Gasteiger partial charge is 0.347 e. The van der Waals surface area contributed by atoms with Crippen molar-refractivity contribution < 1.29 is 4.79 Å². The Morgan fingerprint density at radius 1 is 0.893 bits per heavy atom. The standard InChI is InChI=1S/C20H16N6OS/c27-18(24-13-14-7-2-1-3-8-14)17-16(15-9-4-5-10-21-15)25-20(28-17)26-19-22-11-6-12-23-19/h1-12H,13H2,(H,24,27)(H,22,23,25,26). The Morgan fingerprint density at radius 3 is 2.39 bits per heavy atom. The zero-order chi connectivity index (χ0) is 19.2. The highest BCUT2D eigenvalue weighted by Gasteiger charge is 2.20. The van der Waals surface area contributed by atoms with Crippen LogP contribution in [0.5, 0.6) is 0 Å². The first-order valence-corrected chi connectivity index (χ1v) is 9.39. The van der Waals surface area contributed by atoms with Crippen LogP contribution in [0.4, 0.5) is 11.1 Å². The molecule has 0 radical (unpaired) electrons. The number of hydrogen-bond donors (Lipinski definition) is 2. The average molecular weight is 388 g/mol. The van der Waals surface area contributed by atoms with Gasteiger partial charge in [-0.25, -0.2) is 15.0 Å². The zero-order valence-corrected chi connectivity index (χ0v) is 15.6. The Kier molecular flexibility index (Phi) is 5.30. The van der Waals surface area contributed by atoms with Gasteiger partial charge < -0.3 is 10.6 Å². The molecule has 3 aromatic heterocycles. The van der Waals surface area contributed by atoms with E-state index in [-0.39, 0.29) is 5.91 Å². The molecule has 3 heterocycles. The summed E-state index contributed by atoms with van der Waals surface area (Å²) in [5.74, 6) is 0.212. The lowest BCUT2D eigenvalue weighted by Gasteiger charge is -2.05. The summed E-state index contributed by atoms with van der Waals surface area (Å²) in [6.07, 6.45) is 4.94. The number of thiazole rings is 1. The summed E-state index contributed by atoms with van der Waals surface area (Å²) in [4.78, 5) is 30.5. The second kappa shape index (κ2) is 8.36. The molecule has 2 N–H and O–H groups in total. The van der Waals surface area contributed by atoms with Gasteiger partial charge in [0.1, 0.15) is 10.6 Å². The quantitative estimate of drug-likeness (QED) is 0.524. The monoisotopic (exact) mass is 388 g/mol. The molecule has 0 aliphatic heterocycles. The number of anilines is 2. The molecule has 0 aliphatic rings. The molecular weight excluding hydrogens is 372 g/mol. The summed E-state index contributed by atoms with van der Waals surface area (Å²) < 4.78 is 0. The smallest absolute Gasteiger partial charge is 0.264 e. The van der Waals surface area contributed by atoms with Crippen LogP contribution in [0.15, 0.2) is 73.2 Å². The average Bonchev–Trinajstić information content (AvgIpc) is 3.18. The molecule has 1 aromatic carbocycles. The van der Waals surface area contributed by atoms with Crippen LogP contribution in [0.25, 0.3) is 11.4 Å². The number of aromatic nitrogens is 4. The molecule has 0 fully saturated rings. The lowest BCUT2D eigenvalue weighted by Crippen LogP contribution is -2.22. The number of nitrogens with zero attached hydrogens (tertiary/aromatic N) is 4. The van der Waals surface area contributed by atoms with Gasteiger partial charge in [-0.15, -0.1) is 0 Å². The van der Waals surface area contributed by atoms with Crippen molar-refractivity contribution >= 4 is 28.3 Å². The van der Waals surface area contributed by atoms with Gasteiger partial charge in [0, 0.05) is 25.1 Å². The van der Waals surface area contributed by atoms with Crippen molar-refractivity contribution in [3.8, 4) is 11.4 Å². The van der Waals surface area contributed by atoms with E-state index >= 15 is 0 Å². The fourth-order valence-corrected chi connectivity index (χ4v) is 3.41. The third-order valence-corrected chi connectivity index (χ3v) is 4.79. The number of carbonyl (C=O) groups excluding carboxylic acids is 1. The van der Waals surface area contributed by atoms with Gasteiger partial charge >= 0.3 is 0 Å². The fourth-order valence-electron chi connectivity index (χ4n) is 2.52. The Bertz CT molecular complexity index is 1050. The lowest BCUT2D eigenvalue weighted by atomic mass is 10.2. The van der Waals surface area contributed by atoms with Crippen LogP contribution in [-0.2, 0) is 6.54 Å². The first-order chi connectivity index (χ1) is 13.8. The Morgan fingerprint density at radius 2 is 1.64 bits per heavy atom. The van der Waals surface area contributed by atoms with E-state index in [1.807, 2.05) is 48.5 Å².